The van der Waals surface area contributed by atoms with Crippen LogP contribution in [0.2, 0.25) is 0 Å². The highest BCUT2D eigenvalue weighted by Crippen LogP contribution is 2.30. The quantitative estimate of drug-likeness (QED) is 0.620. The number of ether oxygens (including phenoxy) is 1. The normalized spacial score (nSPS) is 11.4. The monoisotopic (exact) mass is 350 g/mol. The standard InChI is InChI=1S/C12H7BrF4N2O/c13-10-3-4-18-11(19-10)20-6-7-1-2-8(5-9(7)14)12(15,16)17/h1-5H,6H2. The molecule has 0 saturated heterocycles. The smallest absolute Gasteiger partial charge is 0.416 e. The van der Waals surface area contributed by atoms with Gasteiger partial charge in [-0.2, -0.15) is 18.2 Å². The molecule has 3 nitrogen and oxygen atoms in total. The molecule has 0 N–H and O–H groups in total. The topological polar surface area (TPSA) is 35.0 Å². The molecule has 1 aromatic heterocycles. The Hall–Kier alpha value is -1.70. The van der Waals surface area contributed by atoms with Crippen LogP contribution in [0, 0.1) is 5.82 Å². The Morgan fingerprint density at radius 2 is 1.95 bits per heavy atom. The third-order valence-corrected chi connectivity index (χ3v) is 2.78. The van der Waals surface area contributed by atoms with E-state index in [1.807, 2.05) is 0 Å². The van der Waals surface area contributed by atoms with Gasteiger partial charge in [-0.3, -0.25) is 0 Å². The van der Waals surface area contributed by atoms with Crippen molar-refractivity contribution in [3.05, 3.63) is 52.0 Å². The van der Waals surface area contributed by atoms with Gasteiger partial charge in [-0.1, -0.05) is 6.07 Å². The van der Waals surface area contributed by atoms with Crippen molar-refractivity contribution in [3.63, 3.8) is 0 Å². The summed E-state index contributed by atoms with van der Waals surface area (Å²) in [6.45, 7) is -0.263. The Morgan fingerprint density at radius 1 is 1.20 bits per heavy atom. The number of halogens is 5. The highest BCUT2D eigenvalue weighted by molar-refractivity contribution is 9.10. The summed E-state index contributed by atoms with van der Waals surface area (Å²) in [7, 11) is 0. The van der Waals surface area contributed by atoms with Gasteiger partial charge >= 0.3 is 12.2 Å². The van der Waals surface area contributed by atoms with Crippen LogP contribution in [0.15, 0.2) is 35.1 Å². The number of aromatic nitrogens is 2. The molecule has 0 bridgehead atoms. The Balaban J connectivity index is 2.11. The van der Waals surface area contributed by atoms with Crippen LogP contribution in [0.4, 0.5) is 17.6 Å². The Kier molecular flexibility index (Phi) is 4.22. The number of benzene rings is 1. The van der Waals surface area contributed by atoms with Gasteiger partial charge in [0.25, 0.3) is 0 Å². The van der Waals surface area contributed by atoms with Crippen LogP contribution in [0.3, 0.4) is 0 Å². The van der Waals surface area contributed by atoms with Crippen LogP contribution in [0.25, 0.3) is 0 Å². The number of alkyl halides is 3. The first kappa shape index (κ1) is 14.7. The van der Waals surface area contributed by atoms with Gasteiger partial charge in [-0.25, -0.2) is 9.37 Å². The van der Waals surface area contributed by atoms with Gasteiger partial charge in [0.2, 0.25) is 0 Å². The summed E-state index contributed by atoms with van der Waals surface area (Å²) in [6, 6.07) is 3.82. The molecular formula is C12H7BrF4N2O. The third kappa shape index (κ3) is 3.66. The predicted octanol–water partition coefficient (Wildman–Crippen LogP) is 3.98. The maximum absolute atomic E-state index is 13.5. The maximum atomic E-state index is 13.5. The lowest BCUT2D eigenvalue weighted by Crippen LogP contribution is -2.07. The van der Waals surface area contributed by atoms with Crippen molar-refractivity contribution in [1.29, 1.82) is 0 Å². The lowest BCUT2D eigenvalue weighted by molar-refractivity contribution is -0.137. The number of rotatable bonds is 3. The maximum Gasteiger partial charge on any atom is 0.416 e. The van der Waals surface area contributed by atoms with E-state index in [0.29, 0.717) is 10.7 Å². The van der Waals surface area contributed by atoms with E-state index in [0.717, 1.165) is 12.1 Å². The molecule has 0 saturated carbocycles. The van der Waals surface area contributed by atoms with Crippen LogP contribution in [-0.2, 0) is 12.8 Å². The summed E-state index contributed by atoms with van der Waals surface area (Å²) in [6.07, 6.45) is -3.15. The van der Waals surface area contributed by atoms with Crippen LogP contribution in [0.5, 0.6) is 6.01 Å². The summed E-state index contributed by atoms with van der Waals surface area (Å²) < 4.78 is 56.2. The van der Waals surface area contributed by atoms with Gasteiger partial charge in [-0.15, -0.1) is 0 Å². The van der Waals surface area contributed by atoms with Gasteiger partial charge in [-0.05, 0) is 34.1 Å². The minimum atomic E-state index is -4.58. The molecule has 0 unspecified atom stereocenters. The molecule has 0 radical (unpaired) electrons. The van der Waals surface area contributed by atoms with E-state index in [1.54, 1.807) is 6.07 Å². The van der Waals surface area contributed by atoms with E-state index in [9.17, 15) is 17.6 Å². The molecule has 106 valence electrons. The Morgan fingerprint density at radius 3 is 2.55 bits per heavy atom. The van der Waals surface area contributed by atoms with Crippen molar-refractivity contribution in [1.82, 2.24) is 9.97 Å². The van der Waals surface area contributed by atoms with Crippen molar-refractivity contribution in [2.24, 2.45) is 0 Å². The second-order valence-corrected chi connectivity index (χ2v) is 4.57. The zero-order valence-electron chi connectivity index (χ0n) is 9.79. The van der Waals surface area contributed by atoms with E-state index < -0.39 is 17.6 Å². The molecule has 2 aromatic rings. The minimum Gasteiger partial charge on any atom is -0.458 e. The van der Waals surface area contributed by atoms with Gasteiger partial charge in [0, 0.05) is 11.8 Å². The molecule has 1 aromatic carbocycles. The molecule has 1 heterocycles. The van der Waals surface area contributed by atoms with Gasteiger partial charge < -0.3 is 4.74 Å². The van der Waals surface area contributed by atoms with Crippen molar-refractivity contribution in [2.45, 2.75) is 12.8 Å². The lowest BCUT2D eigenvalue weighted by Gasteiger charge is -2.09. The lowest BCUT2D eigenvalue weighted by atomic mass is 10.1. The summed E-state index contributed by atoms with van der Waals surface area (Å²) in [4.78, 5) is 7.63. The number of hydrogen-bond acceptors (Lipinski definition) is 3. The first-order chi connectivity index (χ1) is 9.36. The molecule has 0 amide bonds. The SMILES string of the molecule is Fc1cc(C(F)(F)F)ccc1COc1nccc(Br)n1. The van der Waals surface area contributed by atoms with Crippen LogP contribution in [0.1, 0.15) is 11.1 Å². The second-order valence-electron chi connectivity index (χ2n) is 3.75. The highest BCUT2D eigenvalue weighted by atomic mass is 79.9. The summed E-state index contributed by atoms with van der Waals surface area (Å²) in [5.41, 5.74) is -1.06. The zero-order chi connectivity index (χ0) is 14.8. The van der Waals surface area contributed by atoms with E-state index in [2.05, 4.69) is 25.9 Å². The number of nitrogens with zero attached hydrogens (tertiary/aromatic N) is 2. The fourth-order valence-electron chi connectivity index (χ4n) is 1.37. The van der Waals surface area contributed by atoms with Crippen LogP contribution < -0.4 is 4.74 Å². The average molecular weight is 351 g/mol. The first-order valence-electron chi connectivity index (χ1n) is 5.33. The molecular weight excluding hydrogens is 344 g/mol. The Bertz CT molecular complexity index is 619. The zero-order valence-corrected chi connectivity index (χ0v) is 11.4. The van der Waals surface area contributed by atoms with Crippen molar-refractivity contribution in [3.8, 4) is 6.01 Å². The molecule has 0 aliphatic rings. The average Bonchev–Trinajstić information content (AvgIpc) is 2.36. The molecule has 8 heteroatoms. The van der Waals surface area contributed by atoms with Gasteiger partial charge in [0.15, 0.2) is 0 Å². The molecule has 2 rings (SSSR count). The molecule has 0 aliphatic heterocycles. The summed E-state index contributed by atoms with van der Waals surface area (Å²) in [5.74, 6) is -0.991. The van der Waals surface area contributed by atoms with Crippen molar-refractivity contribution < 1.29 is 22.3 Å². The van der Waals surface area contributed by atoms with E-state index >= 15 is 0 Å². The largest absolute Gasteiger partial charge is 0.458 e. The minimum absolute atomic E-state index is 0.00123. The van der Waals surface area contributed by atoms with Crippen LogP contribution in [-0.4, -0.2) is 9.97 Å². The Labute approximate surface area is 119 Å². The second kappa shape index (κ2) is 5.74. The molecule has 0 aliphatic carbocycles. The van der Waals surface area contributed by atoms with Crippen molar-refractivity contribution in [2.75, 3.05) is 0 Å². The molecule has 0 spiro atoms. The van der Waals surface area contributed by atoms with Crippen molar-refractivity contribution >= 4 is 15.9 Å². The highest BCUT2D eigenvalue weighted by Gasteiger charge is 2.31. The third-order valence-electron chi connectivity index (χ3n) is 2.34. The molecule has 20 heavy (non-hydrogen) atoms. The first-order valence-corrected chi connectivity index (χ1v) is 6.12. The fourth-order valence-corrected chi connectivity index (χ4v) is 1.64. The van der Waals surface area contributed by atoms with E-state index in [1.165, 1.54) is 6.20 Å². The van der Waals surface area contributed by atoms with Gasteiger partial charge in [0.05, 0.1) is 5.56 Å². The number of hydrogen-bond donors (Lipinski definition) is 0. The molecule has 0 fully saturated rings. The van der Waals surface area contributed by atoms with E-state index in [4.69, 9.17) is 4.74 Å². The van der Waals surface area contributed by atoms with Crippen LogP contribution >= 0.6 is 15.9 Å². The van der Waals surface area contributed by atoms with E-state index in [-0.39, 0.29) is 18.2 Å². The summed E-state index contributed by atoms with van der Waals surface area (Å²) in [5, 5.41) is 0. The predicted molar refractivity (Wildman–Crippen MR) is 65.5 cm³/mol. The fraction of sp³-hybridized carbons (Fsp3) is 0.167. The summed E-state index contributed by atoms with van der Waals surface area (Å²) >= 11 is 3.10. The molecule has 0 atom stereocenters. The van der Waals surface area contributed by atoms with Gasteiger partial charge in [0.1, 0.15) is 17.0 Å².